The van der Waals surface area contributed by atoms with Crippen LogP contribution in [0.15, 0.2) is 30.6 Å². The quantitative estimate of drug-likeness (QED) is 0.480. The molecule has 2 aliphatic heterocycles. The summed E-state index contributed by atoms with van der Waals surface area (Å²) in [7, 11) is 0. The SMILES string of the molecule is N=C(SC(=N)N1CC2CNCC2C1)c1ccc(-c2cn[nH]c2)cc1Cl. The summed E-state index contributed by atoms with van der Waals surface area (Å²) in [6, 6.07) is 5.61. The van der Waals surface area contributed by atoms with Gasteiger partial charge in [-0.3, -0.25) is 15.9 Å². The molecule has 2 saturated heterocycles. The van der Waals surface area contributed by atoms with E-state index in [9.17, 15) is 0 Å². The van der Waals surface area contributed by atoms with Crippen LogP contribution >= 0.6 is 23.4 Å². The first-order valence-electron chi connectivity index (χ1n) is 8.21. The minimum absolute atomic E-state index is 0.309. The maximum absolute atomic E-state index is 8.35. The molecule has 6 nitrogen and oxygen atoms in total. The number of H-pyrrole nitrogens is 1. The molecule has 1 aromatic carbocycles. The normalized spacial score (nSPS) is 22.2. The second-order valence-corrected chi connectivity index (χ2v) is 7.91. The predicted molar refractivity (Wildman–Crippen MR) is 103 cm³/mol. The fourth-order valence-electron chi connectivity index (χ4n) is 3.52. The highest BCUT2D eigenvalue weighted by Gasteiger charge is 2.37. The molecule has 2 unspecified atom stereocenters. The third-order valence-electron chi connectivity index (χ3n) is 4.92. The number of benzene rings is 1. The smallest absolute Gasteiger partial charge is 0.162 e. The molecule has 3 heterocycles. The molecule has 4 N–H and O–H groups in total. The lowest BCUT2D eigenvalue weighted by Crippen LogP contribution is -2.30. The van der Waals surface area contributed by atoms with Gasteiger partial charge in [-0.1, -0.05) is 23.7 Å². The third kappa shape index (κ3) is 3.31. The number of aromatic amines is 1. The van der Waals surface area contributed by atoms with Crippen LogP contribution in [0.5, 0.6) is 0 Å². The molecule has 25 heavy (non-hydrogen) atoms. The average Bonchev–Trinajstić information content (AvgIpc) is 3.31. The van der Waals surface area contributed by atoms with E-state index >= 15 is 0 Å². The number of likely N-dealkylation sites (tertiary alicyclic amines) is 1. The molecule has 1 aromatic heterocycles. The lowest BCUT2D eigenvalue weighted by molar-refractivity contribution is 0.474. The number of fused-ring (bicyclic) bond motifs is 1. The fourth-order valence-corrected chi connectivity index (χ4v) is 4.62. The van der Waals surface area contributed by atoms with Gasteiger partial charge in [-0.15, -0.1) is 0 Å². The summed E-state index contributed by atoms with van der Waals surface area (Å²) in [5.41, 5.74) is 2.57. The van der Waals surface area contributed by atoms with E-state index in [1.165, 1.54) is 11.8 Å². The number of nitrogens with zero attached hydrogens (tertiary/aromatic N) is 2. The second-order valence-electron chi connectivity index (χ2n) is 6.50. The number of hydrogen-bond donors (Lipinski definition) is 4. The summed E-state index contributed by atoms with van der Waals surface area (Å²) in [6.07, 6.45) is 3.54. The van der Waals surface area contributed by atoms with Gasteiger partial charge in [0.2, 0.25) is 0 Å². The van der Waals surface area contributed by atoms with Gasteiger partial charge >= 0.3 is 0 Å². The van der Waals surface area contributed by atoms with Crippen LogP contribution in [0.3, 0.4) is 0 Å². The van der Waals surface area contributed by atoms with Crippen molar-refractivity contribution in [3.8, 4) is 11.1 Å². The second kappa shape index (κ2) is 6.82. The number of rotatable bonds is 2. The summed E-state index contributed by atoms with van der Waals surface area (Å²) >= 11 is 7.56. The van der Waals surface area contributed by atoms with E-state index in [0.717, 1.165) is 37.3 Å². The van der Waals surface area contributed by atoms with E-state index in [0.29, 0.717) is 32.6 Å². The first kappa shape index (κ1) is 16.6. The van der Waals surface area contributed by atoms with Crippen molar-refractivity contribution in [1.29, 1.82) is 10.8 Å². The number of amidine groups is 1. The first-order valence-corrected chi connectivity index (χ1v) is 9.41. The molecule has 0 bridgehead atoms. The Balaban J connectivity index is 1.43. The van der Waals surface area contributed by atoms with E-state index < -0.39 is 0 Å². The van der Waals surface area contributed by atoms with Crippen molar-refractivity contribution < 1.29 is 0 Å². The minimum Gasteiger partial charge on any atom is -0.351 e. The zero-order valence-electron chi connectivity index (χ0n) is 13.6. The fraction of sp³-hybridized carbons (Fsp3) is 0.353. The number of hydrogen-bond acceptors (Lipinski definition) is 5. The Hall–Kier alpha value is -1.83. The molecule has 0 amide bonds. The topological polar surface area (TPSA) is 91.7 Å². The van der Waals surface area contributed by atoms with E-state index in [1.54, 1.807) is 12.4 Å². The molecule has 0 spiro atoms. The molecule has 130 valence electrons. The number of nitrogens with one attached hydrogen (secondary N) is 4. The highest BCUT2D eigenvalue weighted by molar-refractivity contribution is 8.26. The van der Waals surface area contributed by atoms with E-state index in [4.69, 9.17) is 22.4 Å². The zero-order chi connectivity index (χ0) is 17.4. The summed E-state index contributed by atoms with van der Waals surface area (Å²) in [5.74, 6) is 1.26. The van der Waals surface area contributed by atoms with Crippen LogP contribution < -0.4 is 5.32 Å². The van der Waals surface area contributed by atoms with Crippen molar-refractivity contribution in [2.24, 2.45) is 11.8 Å². The maximum atomic E-state index is 8.35. The van der Waals surface area contributed by atoms with Crippen LogP contribution in [-0.4, -0.2) is 51.5 Å². The Morgan fingerprint density at radius 1 is 1.20 bits per heavy atom. The van der Waals surface area contributed by atoms with Gasteiger partial charge in [-0.25, -0.2) is 0 Å². The highest BCUT2D eigenvalue weighted by atomic mass is 35.5. The van der Waals surface area contributed by atoms with E-state index in [2.05, 4.69) is 20.4 Å². The summed E-state index contributed by atoms with van der Waals surface area (Å²) in [5, 5.41) is 28.1. The molecule has 4 rings (SSSR count). The number of aromatic nitrogens is 2. The van der Waals surface area contributed by atoms with Crippen molar-refractivity contribution in [1.82, 2.24) is 20.4 Å². The minimum atomic E-state index is 0.309. The molecule has 0 saturated carbocycles. The van der Waals surface area contributed by atoms with Crippen LogP contribution in [0.1, 0.15) is 5.56 Å². The van der Waals surface area contributed by atoms with Crippen molar-refractivity contribution in [3.05, 3.63) is 41.2 Å². The average molecular weight is 375 g/mol. The number of halogens is 1. The molecule has 0 aliphatic carbocycles. The zero-order valence-corrected chi connectivity index (χ0v) is 15.1. The highest BCUT2D eigenvalue weighted by Crippen LogP contribution is 2.31. The predicted octanol–water partition coefficient (Wildman–Crippen LogP) is 2.87. The van der Waals surface area contributed by atoms with Crippen LogP contribution in [0.2, 0.25) is 5.02 Å². The van der Waals surface area contributed by atoms with Gasteiger partial charge in [0.25, 0.3) is 0 Å². The number of thioether (sulfide) groups is 1. The molecule has 2 fully saturated rings. The van der Waals surface area contributed by atoms with Gasteiger partial charge in [-0.2, -0.15) is 5.10 Å². The summed E-state index contributed by atoms with van der Waals surface area (Å²) in [4.78, 5) is 2.09. The van der Waals surface area contributed by atoms with E-state index in [-0.39, 0.29) is 0 Å². The molecule has 2 aromatic rings. The molecule has 2 aliphatic rings. The van der Waals surface area contributed by atoms with Crippen LogP contribution in [0.25, 0.3) is 11.1 Å². The van der Waals surface area contributed by atoms with Crippen LogP contribution in [0.4, 0.5) is 0 Å². The van der Waals surface area contributed by atoms with E-state index in [1.807, 2.05) is 18.2 Å². The monoisotopic (exact) mass is 374 g/mol. The summed E-state index contributed by atoms with van der Waals surface area (Å²) in [6.45, 7) is 3.89. The van der Waals surface area contributed by atoms with Crippen LogP contribution in [-0.2, 0) is 0 Å². The standard InChI is InChI=1S/C17H19ClN6S/c18-15-3-10(11-6-22-23-7-11)1-2-14(15)16(19)25-17(20)24-8-12-4-21-5-13(12)9-24/h1-3,6-7,12-13,19-21H,4-5,8-9H2,(H,22,23). The summed E-state index contributed by atoms with van der Waals surface area (Å²) < 4.78 is 0. The van der Waals surface area contributed by atoms with Gasteiger partial charge < -0.3 is 10.2 Å². The van der Waals surface area contributed by atoms with Gasteiger partial charge in [0.1, 0.15) is 5.04 Å². The van der Waals surface area contributed by atoms with Crippen molar-refractivity contribution in [2.45, 2.75) is 0 Å². The Morgan fingerprint density at radius 3 is 2.60 bits per heavy atom. The molecule has 0 radical (unpaired) electrons. The molecular formula is C17H19ClN6S. The maximum Gasteiger partial charge on any atom is 0.162 e. The van der Waals surface area contributed by atoms with Gasteiger partial charge in [-0.05, 0) is 35.2 Å². The Bertz CT molecular complexity index is 793. The van der Waals surface area contributed by atoms with Crippen molar-refractivity contribution in [3.63, 3.8) is 0 Å². The molecular weight excluding hydrogens is 356 g/mol. The Labute approximate surface area is 155 Å². The Kier molecular flexibility index (Phi) is 4.54. The largest absolute Gasteiger partial charge is 0.351 e. The lowest BCUT2D eigenvalue weighted by atomic mass is 10.0. The molecule has 2 atom stereocenters. The third-order valence-corrected chi connectivity index (χ3v) is 6.11. The van der Waals surface area contributed by atoms with Crippen LogP contribution in [0, 0.1) is 22.7 Å². The lowest BCUT2D eigenvalue weighted by Gasteiger charge is -2.20. The first-order chi connectivity index (χ1) is 12.1. The van der Waals surface area contributed by atoms with Gasteiger partial charge in [0.15, 0.2) is 5.17 Å². The Morgan fingerprint density at radius 2 is 1.96 bits per heavy atom. The van der Waals surface area contributed by atoms with Crippen molar-refractivity contribution in [2.75, 3.05) is 26.2 Å². The molecule has 8 heteroatoms. The van der Waals surface area contributed by atoms with Crippen molar-refractivity contribution >= 4 is 33.6 Å². The van der Waals surface area contributed by atoms with Gasteiger partial charge in [0, 0.05) is 43.5 Å². The van der Waals surface area contributed by atoms with Gasteiger partial charge in [0.05, 0.1) is 11.2 Å².